The highest BCUT2D eigenvalue weighted by Crippen LogP contribution is 2.19. The molecule has 2 rings (SSSR count). The summed E-state index contributed by atoms with van der Waals surface area (Å²) in [5.41, 5.74) is 0.115. The number of rotatable bonds is 3. The van der Waals surface area contributed by atoms with Crippen LogP contribution >= 0.6 is 0 Å². The Morgan fingerprint density at radius 2 is 2.21 bits per heavy atom. The lowest BCUT2D eigenvalue weighted by Gasteiger charge is -2.13. The van der Waals surface area contributed by atoms with Gasteiger partial charge in [-0.25, -0.2) is 18.8 Å². The molecule has 7 heteroatoms. The Morgan fingerprint density at radius 3 is 2.84 bits per heavy atom. The van der Waals surface area contributed by atoms with Crippen molar-refractivity contribution in [1.29, 1.82) is 5.41 Å². The van der Waals surface area contributed by atoms with Gasteiger partial charge in [-0.2, -0.15) is 4.39 Å². The summed E-state index contributed by atoms with van der Waals surface area (Å²) in [6, 6.07) is 2.57. The summed E-state index contributed by atoms with van der Waals surface area (Å²) in [7, 11) is 0. The molecule has 0 fully saturated rings. The van der Waals surface area contributed by atoms with Gasteiger partial charge < -0.3 is 10.7 Å². The first-order valence-corrected chi connectivity index (χ1v) is 5.28. The van der Waals surface area contributed by atoms with Gasteiger partial charge in [0.1, 0.15) is 11.5 Å². The van der Waals surface area contributed by atoms with E-state index in [1.807, 2.05) is 0 Å². The zero-order valence-corrected chi connectivity index (χ0v) is 9.57. The van der Waals surface area contributed by atoms with Gasteiger partial charge in [-0.1, -0.05) is 0 Å². The van der Waals surface area contributed by atoms with E-state index in [0.29, 0.717) is 5.56 Å². The molecule has 19 heavy (non-hydrogen) atoms. The largest absolute Gasteiger partial charge is 0.346 e. The molecule has 1 aromatic rings. The number of nitrogens with zero attached hydrogens (tertiary/aromatic N) is 2. The molecule has 1 aliphatic rings. The molecule has 4 nitrogen and oxygen atoms in total. The van der Waals surface area contributed by atoms with E-state index in [1.54, 1.807) is 0 Å². The Hall–Kier alpha value is -2.44. The van der Waals surface area contributed by atoms with Gasteiger partial charge >= 0.3 is 0 Å². The maximum absolute atomic E-state index is 13.0. The van der Waals surface area contributed by atoms with Crippen molar-refractivity contribution in [3.63, 3.8) is 0 Å². The van der Waals surface area contributed by atoms with Crippen molar-refractivity contribution >= 4 is 17.5 Å². The van der Waals surface area contributed by atoms with Crippen LogP contribution < -0.4 is 5.32 Å². The van der Waals surface area contributed by atoms with Crippen LogP contribution in [0.15, 0.2) is 41.4 Å². The van der Waals surface area contributed by atoms with Crippen LogP contribution in [0.5, 0.6) is 0 Å². The minimum atomic E-state index is -2.71. The fourth-order valence-corrected chi connectivity index (χ4v) is 1.52. The molecule has 0 bridgehead atoms. The van der Waals surface area contributed by atoms with Crippen LogP contribution in [-0.4, -0.2) is 23.3 Å². The molecule has 0 radical (unpaired) electrons. The number of aliphatic imine (C=N–C) groups is 1. The Kier molecular flexibility index (Phi) is 3.74. The molecule has 0 spiro atoms. The van der Waals surface area contributed by atoms with Gasteiger partial charge in [0, 0.05) is 30.3 Å². The summed E-state index contributed by atoms with van der Waals surface area (Å²) >= 11 is 0. The Morgan fingerprint density at radius 1 is 1.42 bits per heavy atom. The molecule has 0 amide bonds. The van der Waals surface area contributed by atoms with Gasteiger partial charge in [0.2, 0.25) is 5.95 Å². The van der Waals surface area contributed by atoms with Crippen molar-refractivity contribution in [2.45, 2.75) is 6.43 Å². The number of alkyl halides is 2. The molecular weight excluding hydrogens is 257 g/mol. The lowest BCUT2D eigenvalue weighted by atomic mass is 10.1. The molecule has 2 N–H and O–H groups in total. The molecule has 0 aromatic carbocycles. The minimum Gasteiger partial charge on any atom is -0.346 e. The van der Waals surface area contributed by atoms with E-state index >= 15 is 0 Å². The number of allylic oxidation sites excluding steroid dienone is 2. The van der Waals surface area contributed by atoms with Gasteiger partial charge in [-0.15, -0.1) is 0 Å². The number of pyridine rings is 1. The van der Waals surface area contributed by atoms with Crippen LogP contribution in [-0.2, 0) is 0 Å². The van der Waals surface area contributed by atoms with Crippen LogP contribution in [0.4, 0.5) is 13.2 Å². The standard InChI is InChI=1S/C12H9F3N4/c13-10-5-7(1-3-17-10)8(6-16)12-18-4-2-9(19-12)11(14)15/h1-6,11,16,18H/b12-8-,16-6?. The molecule has 0 atom stereocenters. The normalized spacial score (nSPS) is 16.9. The van der Waals surface area contributed by atoms with Crippen LogP contribution in [0.1, 0.15) is 5.56 Å². The average Bonchev–Trinajstić information content (AvgIpc) is 2.40. The number of halogens is 3. The molecule has 0 aliphatic carbocycles. The van der Waals surface area contributed by atoms with Crippen molar-refractivity contribution in [3.05, 3.63) is 47.9 Å². The van der Waals surface area contributed by atoms with E-state index in [-0.39, 0.29) is 11.4 Å². The molecule has 2 heterocycles. The molecule has 0 saturated carbocycles. The molecule has 1 aromatic heterocycles. The van der Waals surface area contributed by atoms with Crippen LogP contribution in [0.25, 0.3) is 5.57 Å². The third kappa shape index (κ3) is 2.87. The van der Waals surface area contributed by atoms with Crippen molar-refractivity contribution in [2.24, 2.45) is 4.99 Å². The van der Waals surface area contributed by atoms with E-state index in [0.717, 1.165) is 18.4 Å². The highest BCUT2D eigenvalue weighted by atomic mass is 19.3. The van der Waals surface area contributed by atoms with Gasteiger partial charge in [-0.3, -0.25) is 0 Å². The molecule has 0 unspecified atom stereocenters. The smallest absolute Gasteiger partial charge is 0.280 e. The number of hydrogen-bond acceptors (Lipinski definition) is 4. The maximum Gasteiger partial charge on any atom is 0.280 e. The zero-order chi connectivity index (χ0) is 13.8. The SMILES string of the molecule is N=C/C(=C1/N=C(C(F)F)C=CN1)c1ccnc(F)c1. The zero-order valence-electron chi connectivity index (χ0n) is 9.57. The molecular formula is C12H9F3N4. The monoisotopic (exact) mass is 266 g/mol. The van der Waals surface area contributed by atoms with Gasteiger partial charge in [0.15, 0.2) is 0 Å². The quantitative estimate of drug-likeness (QED) is 0.651. The summed E-state index contributed by atoms with van der Waals surface area (Å²) in [5, 5.41) is 9.99. The molecule has 1 aliphatic heterocycles. The first kappa shape index (κ1) is 13.0. The summed E-state index contributed by atoms with van der Waals surface area (Å²) in [6.07, 6.45) is 1.87. The molecule has 0 saturated heterocycles. The maximum atomic E-state index is 13.0. The lowest BCUT2D eigenvalue weighted by Crippen LogP contribution is -2.18. The van der Waals surface area contributed by atoms with E-state index in [2.05, 4.69) is 15.3 Å². The van der Waals surface area contributed by atoms with Crippen LogP contribution in [0.2, 0.25) is 0 Å². The summed E-state index contributed by atoms with van der Waals surface area (Å²) in [5.74, 6) is -0.653. The predicted octanol–water partition coefficient (Wildman–Crippen LogP) is 2.36. The Labute approximate surface area is 106 Å². The average molecular weight is 266 g/mol. The first-order valence-electron chi connectivity index (χ1n) is 5.28. The van der Waals surface area contributed by atoms with Crippen molar-refractivity contribution in [1.82, 2.24) is 10.3 Å². The van der Waals surface area contributed by atoms with Crippen LogP contribution in [0.3, 0.4) is 0 Å². The number of hydrogen-bond donors (Lipinski definition) is 2. The second kappa shape index (κ2) is 5.47. The first-order chi connectivity index (χ1) is 9.11. The topological polar surface area (TPSA) is 61.1 Å². The van der Waals surface area contributed by atoms with E-state index in [9.17, 15) is 13.2 Å². The predicted molar refractivity (Wildman–Crippen MR) is 65.6 cm³/mol. The van der Waals surface area contributed by atoms with Gasteiger partial charge in [-0.05, 0) is 17.7 Å². The lowest BCUT2D eigenvalue weighted by molar-refractivity contribution is 0.226. The van der Waals surface area contributed by atoms with E-state index in [4.69, 9.17) is 5.41 Å². The minimum absolute atomic E-state index is 0.0680. The fourth-order valence-electron chi connectivity index (χ4n) is 1.52. The summed E-state index contributed by atoms with van der Waals surface area (Å²) in [4.78, 5) is 7.10. The van der Waals surface area contributed by atoms with Gasteiger partial charge in [0.05, 0.1) is 0 Å². The third-order valence-electron chi connectivity index (χ3n) is 2.38. The Bertz CT molecular complexity index is 590. The van der Waals surface area contributed by atoms with Crippen molar-refractivity contribution in [3.8, 4) is 0 Å². The fraction of sp³-hybridized carbons (Fsp3) is 0.0833. The van der Waals surface area contributed by atoms with Crippen molar-refractivity contribution < 1.29 is 13.2 Å². The number of nitrogens with one attached hydrogen (secondary N) is 2. The highest BCUT2D eigenvalue weighted by molar-refractivity contribution is 6.10. The van der Waals surface area contributed by atoms with Crippen LogP contribution in [0, 0.1) is 11.4 Å². The highest BCUT2D eigenvalue weighted by Gasteiger charge is 2.16. The van der Waals surface area contributed by atoms with E-state index < -0.39 is 18.1 Å². The second-order valence-electron chi connectivity index (χ2n) is 3.59. The number of aromatic nitrogens is 1. The third-order valence-corrected chi connectivity index (χ3v) is 2.38. The second-order valence-corrected chi connectivity index (χ2v) is 3.59. The molecule has 98 valence electrons. The Balaban J connectivity index is 2.49. The summed E-state index contributed by atoms with van der Waals surface area (Å²) in [6.45, 7) is 0. The summed E-state index contributed by atoms with van der Waals surface area (Å²) < 4.78 is 38.2. The van der Waals surface area contributed by atoms with E-state index in [1.165, 1.54) is 18.5 Å². The van der Waals surface area contributed by atoms with Crippen molar-refractivity contribution in [2.75, 3.05) is 0 Å². The van der Waals surface area contributed by atoms with Gasteiger partial charge in [0.25, 0.3) is 6.43 Å².